The van der Waals surface area contributed by atoms with Crippen molar-refractivity contribution in [3.05, 3.63) is 0 Å². The van der Waals surface area contributed by atoms with Gasteiger partial charge in [0.15, 0.2) is 0 Å². The highest BCUT2D eigenvalue weighted by Crippen LogP contribution is 2.01. The van der Waals surface area contributed by atoms with Crippen LogP contribution in [0.2, 0.25) is 0 Å². The number of nitrogens with zero attached hydrogens (tertiary/aromatic N) is 3. The minimum atomic E-state index is 1.21. The Morgan fingerprint density at radius 2 is 1.86 bits per heavy atom. The smallest absolute Gasteiger partial charge is 0.0109 e. The Hall–Kier alpha value is -0.120. The van der Waals surface area contributed by atoms with Crippen LogP contribution in [0.25, 0.3) is 0 Å². The van der Waals surface area contributed by atoms with E-state index in [0.717, 1.165) is 0 Å². The summed E-state index contributed by atoms with van der Waals surface area (Å²) in [6, 6.07) is 0. The molecule has 1 aliphatic rings. The van der Waals surface area contributed by atoms with Gasteiger partial charge in [0.05, 0.1) is 0 Å². The van der Waals surface area contributed by atoms with Crippen LogP contribution in [0.15, 0.2) is 0 Å². The van der Waals surface area contributed by atoms with E-state index in [2.05, 4.69) is 35.8 Å². The van der Waals surface area contributed by atoms with Crippen molar-refractivity contribution in [2.24, 2.45) is 0 Å². The maximum atomic E-state index is 2.60. The Morgan fingerprint density at radius 3 is 2.57 bits per heavy atom. The largest absolute Gasteiger partial charge is 0.309 e. The molecule has 0 aromatic heterocycles. The van der Waals surface area contributed by atoms with Crippen molar-refractivity contribution in [1.29, 1.82) is 0 Å². The minimum absolute atomic E-state index is 1.21. The number of hydrogen-bond donors (Lipinski definition) is 0. The first-order valence-corrected chi connectivity index (χ1v) is 5.74. The molecule has 0 unspecified atom stereocenters. The highest BCUT2D eigenvalue weighted by molar-refractivity contribution is 4.67. The molecule has 0 atom stereocenters. The van der Waals surface area contributed by atoms with E-state index in [0.29, 0.717) is 0 Å². The summed E-state index contributed by atoms with van der Waals surface area (Å²) in [4.78, 5) is 7.31. The summed E-state index contributed by atoms with van der Waals surface area (Å²) >= 11 is 0. The van der Waals surface area contributed by atoms with Gasteiger partial charge in [0, 0.05) is 13.1 Å². The third-order valence-electron chi connectivity index (χ3n) is 2.89. The Morgan fingerprint density at radius 1 is 1.07 bits per heavy atom. The standard InChI is InChI=1S/C11H25N3/c1-12(2)6-4-8-14-9-5-7-13(3)10-11-14/h4-11H2,1-3H3. The lowest BCUT2D eigenvalue weighted by atomic mass is 10.3. The molecule has 1 saturated heterocycles. The fourth-order valence-corrected chi connectivity index (χ4v) is 1.93. The molecule has 1 heterocycles. The van der Waals surface area contributed by atoms with Crippen molar-refractivity contribution < 1.29 is 0 Å². The van der Waals surface area contributed by atoms with Gasteiger partial charge < -0.3 is 14.7 Å². The molecule has 3 heteroatoms. The summed E-state index contributed by atoms with van der Waals surface area (Å²) in [5, 5.41) is 0. The fourth-order valence-electron chi connectivity index (χ4n) is 1.93. The van der Waals surface area contributed by atoms with E-state index in [-0.39, 0.29) is 0 Å². The second-order valence-corrected chi connectivity index (χ2v) is 4.66. The first-order valence-electron chi connectivity index (χ1n) is 5.74. The van der Waals surface area contributed by atoms with Crippen molar-refractivity contribution in [3.8, 4) is 0 Å². The second kappa shape index (κ2) is 6.38. The summed E-state index contributed by atoms with van der Waals surface area (Å²) in [5.74, 6) is 0. The first-order chi connectivity index (χ1) is 6.68. The van der Waals surface area contributed by atoms with Crippen LogP contribution in [0.5, 0.6) is 0 Å². The van der Waals surface area contributed by atoms with Crippen LogP contribution >= 0.6 is 0 Å². The average Bonchev–Trinajstić information content (AvgIpc) is 2.30. The summed E-state index contributed by atoms with van der Waals surface area (Å²) in [7, 11) is 6.52. The number of hydrogen-bond acceptors (Lipinski definition) is 3. The van der Waals surface area contributed by atoms with Gasteiger partial charge in [-0.25, -0.2) is 0 Å². The van der Waals surface area contributed by atoms with Gasteiger partial charge in [-0.1, -0.05) is 0 Å². The molecule has 0 aromatic rings. The molecule has 0 amide bonds. The van der Waals surface area contributed by atoms with Crippen molar-refractivity contribution in [1.82, 2.24) is 14.7 Å². The minimum Gasteiger partial charge on any atom is -0.309 e. The normalized spacial score (nSPS) is 21.4. The van der Waals surface area contributed by atoms with Crippen LogP contribution in [-0.2, 0) is 0 Å². The Kier molecular flexibility index (Phi) is 5.45. The SMILES string of the molecule is CN(C)CCCN1CCCN(C)CC1. The second-order valence-electron chi connectivity index (χ2n) is 4.66. The Bertz CT molecular complexity index is 147. The molecule has 0 radical (unpaired) electrons. The van der Waals surface area contributed by atoms with Crippen LogP contribution in [0.3, 0.4) is 0 Å². The number of likely N-dealkylation sites (N-methyl/N-ethyl adjacent to an activating group) is 1. The molecule has 14 heavy (non-hydrogen) atoms. The molecule has 0 aliphatic carbocycles. The van der Waals surface area contributed by atoms with Gasteiger partial charge in [-0.2, -0.15) is 0 Å². The topological polar surface area (TPSA) is 9.72 Å². The zero-order valence-corrected chi connectivity index (χ0v) is 10.00. The monoisotopic (exact) mass is 199 g/mol. The van der Waals surface area contributed by atoms with Crippen molar-refractivity contribution >= 4 is 0 Å². The van der Waals surface area contributed by atoms with Crippen LogP contribution < -0.4 is 0 Å². The molecular weight excluding hydrogens is 174 g/mol. The summed E-state index contributed by atoms with van der Waals surface area (Å²) < 4.78 is 0. The van der Waals surface area contributed by atoms with E-state index in [1.54, 1.807) is 0 Å². The van der Waals surface area contributed by atoms with Gasteiger partial charge in [0.1, 0.15) is 0 Å². The van der Waals surface area contributed by atoms with E-state index >= 15 is 0 Å². The highest BCUT2D eigenvalue weighted by atomic mass is 15.2. The third kappa shape index (κ3) is 4.94. The van der Waals surface area contributed by atoms with Gasteiger partial charge in [-0.05, 0) is 60.2 Å². The third-order valence-corrected chi connectivity index (χ3v) is 2.89. The molecule has 1 rings (SSSR count). The first kappa shape index (κ1) is 12.0. The van der Waals surface area contributed by atoms with Gasteiger partial charge in [0.25, 0.3) is 0 Å². The predicted octanol–water partition coefficient (Wildman–Crippen LogP) is 0.576. The van der Waals surface area contributed by atoms with Crippen molar-refractivity contribution in [2.45, 2.75) is 12.8 Å². The maximum Gasteiger partial charge on any atom is 0.0109 e. The lowest BCUT2D eigenvalue weighted by Crippen LogP contribution is -2.31. The fraction of sp³-hybridized carbons (Fsp3) is 1.00. The van der Waals surface area contributed by atoms with Crippen molar-refractivity contribution in [2.75, 3.05) is 60.4 Å². The Balaban J connectivity index is 2.11. The lowest BCUT2D eigenvalue weighted by Gasteiger charge is -2.20. The average molecular weight is 199 g/mol. The molecule has 0 N–H and O–H groups in total. The molecule has 1 aliphatic heterocycles. The van der Waals surface area contributed by atoms with E-state index in [1.165, 1.54) is 52.1 Å². The molecule has 0 aromatic carbocycles. The molecule has 0 saturated carbocycles. The molecular formula is C11H25N3. The van der Waals surface area contributed by atoms with Crippen LogP contribution in [-0.4, -0.2) is 75.1 Å². The van der Waals surface area contributed by atoms with Gasteiger partial charge in [-0.15, -0.1) is 0 Å². The van der Waals surface area contributed by atoms with Crippen LogP contribution in [0.1, 0.15) is 12.8 Å². The summed E-state index contributed by atoms with van der Waals surface area (Å²) in [6.45, 7) is 7.53. The maximum absolute atomic E-state index is 2.60. The lowest BCUT2D eigenvalue weighted by molar-refractivity contribution is 0.259. The van der Waals surface area contributed by atoms with Crippen molar-refractivity contribution in [3.63, 3.8) is 0 Å². The molecule has 84 valence electrons. The van der Waals surface area contributed by atoms with E-state index in [1.807, 2.05) is 0 Å². The summed E-state index contributed by atoms with van der Waals surface area (Å²) in [6.07, 6.45) is 2.63. The quantitative estimate of drug-likeness (QED) is 0.655. The van der Waals surface area contributed by atoms with Gasteiger partial charge in [0.2, 0.25) is 0 Å². The summed E-state index contributed by atoms with van der Waals surface area (Å²) in [5.41, 5.74) is 0. The van der Waals surface area contributed by atoms with E-state index in [9.17, 15) is 0 Å². The van der Waals surface area contributed by atoms with Gasteiger partial charge in [-0.3, -0.25) is 0 Å². The zero-order valence-electron chi connectivity index (χ0n) is 10.00. The Labute approximate surface area is 88.7 Å². The molecule has 3 nitrogen and oxygen atoms in total. The molecule has 1 fully saturated rings. The highest BCUT2D eigenvalue weighted by Gasteiger charge is 2.10. The predicted molar refractivity (Wildman–Crippen MR) is 61.7 cm³/mol. The van der Waals surface area contributed by atoms with E-state index < -0.39 is 0 Å². The van der Waals surface area contributed by atoms with E-state index in [4.69, 9.17) is 0 Å². The van der Waals surface area contributed by atoms with Crippen LogP contribution in [0, 0.1) is 0 Å². The van der Waals surface area contributed by atoms with Crippen LogP contribution in [0.4, 0.5) is 0 Å². The molecule has 0 bridgehead atoms. The zero-order chi connectivity index (χ0) is 10.4. The van der Waals surface area contributed by atoms with Gasteiger partial charge >= 0.3 is 0 Å². The molecule has 0 spiro atoms. The number of rotatable bonds is 4.